The first-order valence-electron chi connectivity index (χ1n) is 5.71. The molecule has 0 aliphatic rings. The van der Waals surface area contributed by atoms with Gasteiger partial charge in [0, 0.05) is 12.1 Å². The second-order valence-corrected chi connectivity index (χ2v) is 3.92. The fourth-order valence-corrected chi connectivity index (χ4v) is 1.50. The zero-order valence-electron chi connectivity index (χ0n) is 10.5. The molecular weight excluding hydrogens is 202 g/mol. The Labute approximate surface area is 97.8 Å². The first kappa shape index (κ1) is 12.8. The Morgan fingerprint density at radius 1 is 1.31 bits per heavy atom. The second kappa shape index (κ2) is 6.38. The molecular formula is C13H21NO2. The maximum absolute atomic E-state index is 5.65. The van der Waals surface area contributed by atoms with Crippen LogP contribution in [0.5, 0.6) is 11.5 Å². The average Bonchev–Trinajstić information content (AvgIpc) is 2.25. The fraction of sp³-hybridized carbons (Fsp3) is 0.538. The number of hydrogen-bond acceptors (Lipinski definition) is 3. The molecule has 1 rings (SSSR count). The summed E-state index contributed by atoms with van der Waals surface area (Å²) in [5, 5.41) is 3.28. The van der Waals surface area contributed by atoms with Crippen LogP contribution < -0.4 is 14.8 Å². The van der Waals surface area contributed by atoms with Gasteiger partial charge in [0.05, 0.1) is 13.2 Å². The minimum atomic E-state index is 0.195. The smallest absolute Gasteiger partial charge is 0.123 e. The van der Waals surface area contributed by atoms with Crippen molar-refractivity contribution in [2.24, 2.45) is 0 Å². The number of rotatable bonds is 6. The molecule has 0 unspecified atom stereocenters. The van der Waals surface area contributed by atoms with Crippen LogP contribution in [0.15, 0.2) is 18.2 Å². The molecule has 0 aliphatic carbocycles. The van der Waals surface area contributed by atoms with Gasteiger partial charge in [-0.25, -0.2) is 0 Å². The van der Waals surface area contributed by atoms with Crippen LogP contribution in [0.25, 0.3) is 0 Å². The van der Waals surface area contributed by atoms with Gasteiger partial charge in [-0.15, -0.1) is 0 Å². The van der Waals surface area contributed by atoms with E-state index in [9.17, 15) is 0 Å². The van der Waals surface area contributed by atoms with E-state index < -0.39 is 0 Å². The molecule has 0 aromatic heterocycles. The van der Waals surface area contributed by atoms with E-state index in [1.54, 1.807) is 7.11 Å². The third-order valence-electron chi connectivity index (χ3n) is 2.19. The number of nitrogens with one attached hydrogen (secondary N) is 1. The maximum Gasteiger partial charge on any atom is 0.123 e. The van der Waals surface area contributed by atoms with E-state index >= 15 is 0 Å². The number of hydrogen-bond donors (Lipinski definition) is 1. The lowest BCUT2D eigenvalue weighted by molar-refractivity contribution is 0.241. The number of methoxy groups -OCH3 is 1. The van der Waals surface area contributed by atoms with E-state index in [1.165, 1.54) is 0 Å². The molecule has 0 fully saturated rings. The monoisotopic (exact) mass is 223 g/mol. The molecule has 16 heavy (non-hydrogen) atoms. The summed E-state index contributed by atoms with van der Waals surface area (Å²) in [6, 6.07) is 5.92. The molecule has 90 valence electrons. The van der Waals surface area contributed by atoms with Crippen LogP contribution in [0, 0.1) is 0 Å². The van der Waals surface area contributed by atoms with Gasteiger partial charge in [0.25, 0.3) is 0 Å². The van der Waals surface area contributed by atoms with Gasteiger partial charge in [0.1, 0.15) is 11.5 Å². The standard InChI is InChI=1S/C13H21NO2/c1-5-14-9-11-8-12(16-10(2)3)6-7-13(11)15-4/h6-8,10,14H,5,9H2,1-4H3. The predicted octanol–water partition coefficient (Wildman–Crippen LogP) is 2.59. The lowest BCUT2D eigenvalue weighted by Gasteiger charge is -2.14. The Morgan fingerprint density at radius 2 is 2.06 bits per heavy atom. The molecule has 0 aliphatic heterocycles. The third-order valence-corrected chi connectivity index (χ3v) is 2.19. The molecule has 1 aromatic carbocycles. The Balaban J connectivity index is 2.83. The quantitative estimate of drug-likeness (QED) is 0.804. The average molecular weight is 223 g/mol. The van der Waals surface area contributed by atoms with Gasteiger partial charge >= 0.3 is 0 Å². The Bertz CT molecular complexity index is 324. The molecule has 1 aromatic rings. The van der Waals surface area contributed by atoms with Crippen molar-refractivity contribution in [3.63, 3.8) is 0 Å². The molecule has 1 N–H and O–H groups in total. The minimum absolute atomic E-state index is 0.195. The normalized spacial score (nSPS) is 10.6. The number of ether oxygens (including phenoxy) is 2. The molecule has 0 radical (unpaired) electrons. The number of benzene rings is 1. The highest BCUT2D eigenvalue weighted by atomic mass is 16.5. The van der Waals surface area contributed by atoms with E-state index in [4.69, 9.17) is 9.47 Å². The summed E-state index contributed by atoms with van der Waals surface area (Å²) >= 11 is 0. The SMILES string of the molecule is CCNCc1cc(OC(C)C)ccc1OC. The van der Waals surface area contributed by atoms with Crippen LogP contribution in [0.4, 0.5) is 0 Å². The molecule has 0 heterocycles. The lowest BCUT2D eigenvalue weighted by Crippen LogP contribution is -2.13. The zero-order chi connectivity index (χ0) is 12.0. The van der Waals surface area contributed by atoms with E-state index in [0.717, 1.165) is 30.2 Å². The van der Waals surface area contributed by atoms with Crippen LogP contribution in [-0.2, 0) is 6.54 Å². The lowest BCUT2D eigenvalue weighted by atomic mass is 10.2. The van der Waals surface area contributed by atoms with Gasteiger partial charge in [-0.1, -0.05) is 6.92 Å². The second-order valence-electron chi connectivity index (χ2n) is 3.92. The van der Waals surface area contributed by atoms with Gasteiger partial charge in [-0.05, 0) is 38.6 Å². The van der Waals surface area contributed by atoms with E-state index in [-0.39, 0.29) is 6.10 Å². The topological polar surface area (TPSA) is 30.5 Å². The molecule has 0 saturated carbocycles. The first-order chi connectivity index (χ1) is 7.67. The van der Waals surface area contributed by atoms with Crippen molar-refractivity contribution >= 4 is 0 Å². The van der Waals surface area contributed by atoms with Gasteiger partial charge in [-0.2, -0.15) is 0 Å². The molecule has 0 amide bonds. The van der Waals surface area contributed by atoms with Gasteiger partial charge in [-0.3, -0.25) is 0 Å². The summed E-state index contributed by atoms with van der Waals surface area (Å²) in [6.07, 6.45) is 0.195. The van der Waals surface area contributed by atoms with Crippen LogP contribution in [0.2, 0.25) is 0 Å². The molecule has 3 nitrogen and oxygen atoms in total. The summed E-state index contributed by atoms with van der Waals surface area (Å²) in [7, 11) is 1.69. The van der Waals surface area contributed by atoms with Crippen molar-refractivity contribution in [1.29, 1.82) is 0 Å². The van der Waals surface area contributed by atoms with E-state index in [0.29, 0.717) is 0 Å². The minimum Gasteiger partial charge on any atom is -0.496 e. The first-order valence-corrected chi connectivity index (χ1v) is 5.71. The van der Waals surface area contributed by atoms with Crippen molar-refractivity contribution in [2.45, 2.75) is 33.4 Å². The van der Waals surface area contributed by atoms with E-state index in [1.807, 2.05) is 32.0 Å². The summed E-state index contributed by atoms with van der Waals surface area (Å²) in [5.74, 6) is 1.79. The fourth-order valence-electron chi connectivity index (χ4n) is 1.50. The van der Waals surface area contributed by atoms with Crippen molar-refractivity contribution < 1.29 is 9.47 Å². The van der Waals surface area contributed by atoms with Crippen molar-refractivity contribution in [1.82, 2.24) is 5.32 Å². The summed E-state index contributed by atoms with van der Waals surface area (Å²) in [6.45, 7) is 7.87. The Hall–Kier alpha value is -1.22. The Kier molecular flexibility index (Phi) is 5.12. The molecule has 0 bridgehead atoms. The maximum atomic E-state index is 5.65. The highest BCUT2D eigenvalue weighted by molar-refractivity contribution is 5.40. The van der Waals surface area contributed by atoms with E-state index in [2.05, 4.69) is 12.2 Å². The molecule has 0 spiro atoms. The van der Waals surface area contributed by atoms with Crippen LogP contribution in [0.1, 0.15) is 26.3 Å². The van der Waals surface area contributed by atoms with Crippen LogP contribution in [-0.4, -0.2) is 19.8 Å². The molecule has 0 atom stereocenters. The highest BCUT2D eigenvalue weighted by Crippen LogP contribution is 2.24. The summed E-state index contributed by atoms with van der Waals surface area (Å²) < 4.78 is 11.0. The third kappa shape index (κ3) is 3.74. The molecule has 0 saturated heterocycles. The highest BCUT2D eigenvalue weighted by Gasteiger charge is 2.05. The van der Waals surface area contributed by atoms with Crippen molar-refractivity contribution in [2.75, 3.05) is 13.7 Å². The molecule has 3 heteroatoms. The largest absolute Gasteiger partial charge is 0.496 e. The van der Waals surface area contributed by atoms with Crippen LogP contribution in [0.3, 0.4) is 0 Å². The Morgan fingerprint density at radius 3 is 2.62 bits per heavy atom. The van der Waals surface area contributed by atoms with Gasteiger partial charge in [0.2, 0.25) is 0 Å². The van der Waals surface area contributed by atoms with Gasteiger partial charge < -0.3 is 14.8 Å². The predicted molar refractivity (Wildman–Crippen MR) is 66.1 cm³/mol. The van der Waals surface area contributed by atoms with Crippen molar-refractivity contribution in [3.05, 3.63) is 23.8 Å². The van der Waals surface area contributed by atoms with Gasteiger partial charge in [0.15, 0.2) is 0 Å². The zero-order valence-corrected chi connectivity index (χ0v) is 10.5. The van der Waals surface area contributed by atoms with Crippen molar-refractivity contribution in [3.8, 4) is 11.5 Å². The summed E-state index contributed by atoms with van der Waals surface area (Å²) in [5.41, 5.74) is 1.13. The van der Waals surface area contributed by atoms with Crippen LogP contribution >= 0.6 is 0 Å². The summed E-state index contributed by atoms with van der Waals surface area (Å²) in [4.78, 5) is 0.